The highest BCUT2D eigenvalue weighted by Gasteiger charge is 2.39. The van der Waals surface area contributed by atoms with Gasteiger partial charge in [0.1, 0.15) is 53.3 Å². The van der Waals surface area contributed by atoms with Crippen molar-refractivity contribution in [3.05, 3.63) is 132 Å². The van der Waals surface area contributed by atoms with Crippen LogP contribution in [0, 0.1) is 41.4 Å². The molecule has 770 valence electrons. The van der Waals surface area contributed by atoms with E-state index in [0.717, 1.165) is 83.7 Å². The van der Waals surface area contributed by atoms with Crippen molar-refractivity contribution >= 4 is 162 Å². The SMILES string of the molecule is C=CCCOC(=O)N(CCS)C(CC(C)C)C(=O)O.CC(C)CC(C(=O)O)N(CCS)C(=O)C1CCCCC1.CC(C)CC(C(=O)O)N(CCS)C(=O)N[C@@H](C)c1ccccc1.CC(C)CC(C(=O)O)N(CCS)CCCc1ccc2c(c1)OCO2.CC(C)CC(C(=O)O)N(CCS)S(=O)(=O)Cc1ccc2nsnc2c1.CC(C)C[C@H](N[C@@H](CCNC(=O)CCc1ccccc1)C(=O)O)C(=O)O. The lowest BCUT2D eigenvalue weighted by Crippen LogP contribution is -2.51. The number of rotatable bonds is 55. The first-order valence-corrected chi connectivity index (χ1v) is 52.3. The number of carbonyl (C=O) groups excluding carboxylic acids is 4. The van der Waals surface area contributed by atoms with Crippen molar-refractivity contribution in [3.8, 4) is 11.5 Å². The number of carbonyl (C=O) groups is 11. The van der Waals surface area contributed by atoms with Gasteiger partial charge in [-0.1, -0.05) is 181 Å². The van der Waals surface area contributed by atoms with Crippen molar-refractivity contribution in [3.63, 3.8) is 0 Å². The van der Waals surface area contributed by atoms with Gasteiger partial charge in [-0.25, -0.2) is 32.4 Å². The number of urea groups is 1. The van der Waals surface area contributed by atoms with Crippen LogP contribution in [-0.4, -0.2) is 273 Å². The molecule has 2 aliphatic rings. The highest BCUT2D eigenvalue weighted by Crippen LogP contribution is 2.34. The van der Waals surface area contributed by atoms with Crippen molar-refractivity contribution in [1.82, 2.24) is 48.6 Å². The van der Waals surface area contributed by atoms with Gasteiger partial charge in [-0.05, 0) is 179 Å². The van der Waals surface area contributed by atoms with Crippen LogP contribution in [0.3, 0.4) is 0 Å². The van der Waals surface area contributed by atoms with Crippen molar-refractivity contribution in [1.29, 1.82) is 0 Å². The van der Waals surface area contributed by atoms with Crippen LogP contribution in [0.2, 0.25) is 0 Å². The number of sulfonamides is 1. The third-order valence-corrected chi connectivity index (χ3v) is 25.2. The average molecular weight is 2050 g/mol. The monoisotopic (exact) mass is 2050 g/mol. The lowest BCUT2D eigenvalue weighted by atomic mass is 9.87. The van der Waals surface area contributed by atoms with Crippen LogP contribution in [0.1, 0.15) is 215 Å². The molecule has 0 radical (unpaired) electrons. The second-order valence-corrected chi connectivity index (χ2v) is 40.7. The van der Waals surface area contributed by atoms with E-state index in [9.17, 15) is 96.9 Å². The molecule has 5 unspecified atom stereocenters. The van der Waals surface area contributed by atoms with Gasteiger partial charge in [0.05, 0.1) is 30.1 Å². The van der Waals surface area contributed by atoms with Crippen molar-refractivity contribution in [2.75, 3.05) is 88.0 Å². The van der Waals surface area contributed by atoms with E-state index in [-0.39, 0.29) is 117 Å². The molecule has 33 nitrogen and oxygen atoms in total. The van der Waals surface area contributed by atoms with E-state index >= 15 is 0 Å². The molecule has 0 saturated heterocycles. The Kier molecular flexibility index (Phi) is 62.2. The molecular formula is C97H152N10O23S7. The Morgan fingerprint density at radius 2 is 0.978 bits per heavy atom. The molecule has 1 aliphatic carbocycles. The van der Waals surface area contributed by atoms with Crippen molar-refractivity contribution in [2.24, 2.45) is 41.4 Å². The summed E-state index contributed by atoms with van der Waals surface area (Å²) in [5.41, 5.74) is 5.11. The number of nitrogens with zero attached hydrogens (tertiary/aromatic N) is 7. The number of aromatic nitrogens is 2. The third-order valence-electron chi connectivity index (χ3n) is 21.8. The predicted octanol–water partition coefficient (Wildman–Crippen LogP) is 15.4. The molecule has 0 spiro atoms. The number of ether oxygens (including phenoxy) is 3. The summed E-state index contributed by atoms with van der Waals surface area (Å²) in [7, 11) is -3.82. The Hall–Kier alpha value is -8.61. The number of aliphatic carboxylic acids is 7. The summed E-state index contributed by atoms with van der Waals surface area (Å²) in [6.45, 7) is 31.8. The standard InChI is InChI=1S/C19H28N2O5.C18H27NO4S.C17H26N2O3S.C15H21N3O4S3.C15H27NO3S.C13H23NO4S/c1-13(2)12-16(19(25)26)21-15(18(23)24)10-11-20-17(22)9-8-14-6-4-3-5-7-14;1-13(2)10-15(18(20)21)19(8-9-24)7-3-4-14-5-6-16-17(11-14)23-12-22-16;1-12(2)11-15(16(20)21)19(9-10-23)17(22)18-13(3)14-7-5-4-6-8-14;1-10(2)7-14(15(19)20)18(5-6-23)25(21,22)9-11-3-4-12-13(8-11)17-24-16-12;1-11(2)10-13(15(18)19)16(8-9-20)14(17)12-6-4-3-5-7-12;1-4-5-7-18-13(17)14(6-8-19)11(12(15)16)9-10(2)3/h3-7,13,15-16,21H,8-12H2,1-2H3,(H,20,22)(H,23,24)(H,25,26);5-6,11,13,15,24H,3-4,7-10,12H2,1-2H3,(H,20,21);4-8,12-13,15,23H,9-11H2,1-3H3,(H,18,22)(H,20,21);3-4,8,10,14,23H,5-7,9H2,1-2H3,(H,19,20);11-13,20H,3-10H2,1-2H3,(H,18,19);4,10-11,19H,1,5-9H2,2-3H3,(H,15,16)/t15-,16-;;13-,15?;;;/m0.0.../s1. The fourth-order valence-electron chi connectivity index (χ4n) is 15.1. The molecule has 10 N–H and O–H groups in total. The van der Waals surface area contributed by atoms with Gasteiger partial charge in [-0.15, -0.1) is 6.58 Å². The molecule has 1 aliphatic heterocycles. The smallest absolute Gasteiger partial charge is 0.410 e. The molecule has 5 aromatic rings. The van der Waals surface area contributed by atoms with Crippen molar-refractivity contribution in [2.45, 2.75) is 253 Å². The first-order chi connectivity index (χ1) is 64.8. The van der Waals surface area contributed by atoms with E-state index in [1.54, 1.807) is 29.2 Å². The second kappa shape index (κ2) is 68.5. The van der Waals surface area contributed by atoms with Gasteiger partial charge in [0, 0.05) is 80.4 Å². The lowest BCUT2D eigenvalue weighted by molar-refractivity contribution is -0.153. The van der Waals surface area contributed by atoms with Crippen LogP contribution in [0.5, 0.6) is 11.5 Å². The van der Waals surface area contributed by atoms with Crippen LogP contribution in [0.4, 0.5) is 9.59 Å². The Balaban J connectivity index is 0.000000558. The molecule has 2 heterocycles. The highest BCUT2D eigenvalue weighted by molar-refractivity contribution is 7.88. The maximum Gasteiger partial charge on any atom is 0.410 e. The van der Waals surface area contributed by atoms with E-state index in [1.807, 2.05) is 160 Å². The lowest BCUT2D eigenvalue weighted by Gasteiger charge is -2.34. The van der Waals surface area contributed by atoms with E-state index in [1.165, 1.54) is 21.8 Å². The zero-order chi connectivity index (χ0) is 103. The van der Waals surface area contributed by atoms with E-state index < -0.39 is 100 Å². The van der Waals surface area contributed by atoms with Gasteiger partial charge in [0.2, 0.25) is 28.6 Å². The number of carboxylic acid groups (broad SMARTS) is 7. The van der Waals surface area contributed by atoms with Crippen LogP contribution >= 0.6 is 74.9 Å². The molecule has 40 heteroatoms. The number of hydrogen-bond donors (Lipinski definition) is 15. The van der Waals surface area contributed by atoms with Gasteiger partial charge < -0.3 is 70.4 Å². The fourth-order valence-corrected chi connectivity index (χ4v) is 18.6. The summed E-state index contributed by atoms with van der Waals surface area (Å²) in [4.78, 5) is 135. The maximum atomic E-state index is 12.9. The van der Waals surface area contributed by atoms with Gasteiger partial charge in [-0.3, -0.25) is 43.9 Å². The molecular weight excluding hydrogens is 1900 g/mol. The van der Waals surface area contributed by atoms with Gasteiger partial charge in [0.25, 0.3) is 0 Å². The largest absolute Gasteiger partial charge is 0.480 e. The zero-order valence-corrected chi connectivity index (χ0v) is 87.8. The first kappa shape index (κ1) is 124. The summed E-state index contributed by atoms with van der Waals surface area (Å²) in [5, 5.41) is 74.0. The summed E-state index contributed by atoms with van der Waals surface area (Å²) in [6.07, 6.45) is 12.1. The van der Waals surface area contributed by atoms with Crippen molar-refractivity contribution < 1.29 is 111 Å². The molecule has 7 rings (SSSR count). The number of hydrogen-bond acceptors (Lipinski definition) is 26. The normalized spacial score (nSPS) is 14.1. The van der Waals surface area contributed by atoms with E-state index in [4.69, 9.17) is 14.2 Å². The summed E-state index contributed by atoms with van der Waals surface area (Å²) < 4.78 is 50.8. The zero-order valence-electron chi connectivity index (χ0n) is 81.7. The topological polar surface area (TPSA) is 469 Å². The first-order valence-electron chi connectivity index (χ1n) is 46.8. The third kappa shape index (κ3) is 49.4. The van der Waals surface area contributed by atoms with E-state index in [2.05, 4.69) is 108 Å². The predicted molar refractivity (Wildman–Crippen MR) is 552 cm³/mol. The number of amides is 5. The summed E-state index contributed by atoms with van der Waals surface area (Å²) >= 11 is 21.8. The molecule has 8 atom stereocenters. The minimum atomic E-state index is -3.82. The number of nitrogens with one attached hydrogen (secondary N) is 3. The Morgan fingerprint density at radius 3 is 1.49 bits per heavy atom. The quantitative estimate of drug-likeness (QED) is 0.00976. The molecule has 1 fully saturated rings. The maximum absolute atomic E-state index is 12.9. The Bertz CT molecular complexity index is 4540. The molecule has 1 saturated carbocycles. The van der Waals surface area contributed by atoms with Crippen LogP contribution in [0.15, 0.2) is 110 Å². The number of benzene rings is 4. The molecule has 5 amide bonds. The Labute approximate surface area is 841 Å². The highest BCUT2D eigenvalue weighted by atomic mass is 32.2. The molecule has 4 aromatic carbocycles. The van der Waals surface area contributed by atoms with Gasteiger partial charge in [-0.2, -0.15) is 76.2 Å². The van der Waals surface area contributed by atoms with Gasteiger partial charge in [0.15, 0.2) is 11.5 Å². The van der Waals surface area contributed by atoms with Crippen LogP contribution in [0.25, 0.3) is 11.0 Å². The second-order valence-electron chi connectivity index (χ2n) is 36.0. The molecule has 1 aromatic heterocycles. The average Bonchev–Trinajstić information content (AvgIpc) is 1.78. The minimum Gasteiger partial charge on any atom is -0.480 e. The fraction of sp³-hybridized carbons (Fsp3) is 0.619. The molecule has 0 bridgehead atoms. The Morgan fingerprint density at radius 1 is 0.504 bits per heavy atom. The summed E-state index contributed by atoms with van der Waals surface area (Å²) in [6, 6.07) is 23.8. The number of carboxylic acids is 7. The number of thiol groups is 5. The van der Waals surface area contributed by atoms with Gasteiger partial charge >= 0.3 is 53.9 Å². The number of aryl methyl sites for hydroxylation is 2. The van der Waals surface area contributed by atoms with E-state index in [0.29, 0.717) is 117 Å². The van der Waals surface area contributed by atoms with Crippen LogP contribution < -0.4 is 25.4 Å². The molecule has 137 heavy (non-hydrogen) atoms. The minimum absolute atomic E-state index is 0.0117. The number of fused-ring (bicyclic) bond motifs is 2. The van der Waals surface area contributed by atoms with Crippen LogP contribution in [-0.2, 0) is 76.5 Å². The summed E-state index contributed by atoms with van der Waals surface area (Å²) in [5.74, 6) is -2.48.